The lowest BCUT2D eigenvalue weighted by molar-refractivity contribution is -0.117. The van der Waals surface area contributed by atoms with Crippen LogP contribution in [0.1, 0.15) is 26.7 Å². The maximum absolute atomic E-state index is 12.6. The second-order valence-corrected chi connectivity index (χ2v) is 11.8. The molecule has 0 spiro atoms. The number of amides is 4. The summed E-state index contributed by atoms with van der Waals surface area (Å²) in [5, 5.41) is 17.6. The molecule has 210 valence electrons. The van der Waals surface area contributed by atoms with Crippen LogP contribution < -0.4 is 25.8 Å². The summed E-state index contributed by atoms with van der Waals surface area (Å²) in [5.41, 5.74) is 1.07. The number of hydrogen-bond donors (Lipinski definition) is 4. The highest BCUT2D eigenvalue weighted by molar-refractivity contribution is 7.90. The molecule has 1 aromatic heterocycles. The van der Waals surface area contributed by atoms with Crippen LogP contribution in [0.4, 0.5) is 38.4 Å². The quantitative estimate of drug-likeness (QED) is 0.392. The minimum Gasteiger partial charge on any atom is -0.465 e. The summed E-state index contributed by atoms with van der Waals surface area (Å²) in [5.74, 6) is 0.654. The van der Waals surface area contributed by atoms with E-state index >= 15 is 0 Å². The molecule has 2 aliphatic heterocycles. The van der Waals surface area contributed by atoms with Crippen LogP contribution in [-0.4, -0.2) is 91.4 Å². The number of likely N-dealkylation sites (tertiary alicyclic amines) is 1. The van der Waals surface area contributed by atoms with Gasteiger partial charge in [0.2, 0.25) is 11.9 Å². The molecule has 1 saturated heterocycles. The SMILES string of the molecule is CC(C)N1CC(=O)N(C)c2cnc(Nc3cc(NC(=O)NC[C@@H]4CCCN4C(=O)O)cc(S(C)(=O)=O)c3)nc21. The van der Waals surface area contributed by atoms with Gasteiger partial charge in [-0.3, -0.25) is 4.79 Å². The van der Waals surface area contributed by atoms with Crippen molar-refractivity contribution in [2.75, 3.05) is 53.4 Å². The van der Waals surface area contributed by atoms with Crippen molar-refractivity contribution < 1.29 is 27.9 Å². The average molecular weight is 561 g/mol. The summed E-state index contributed by atoms with van der Waals surface area (Å²) in [6, 6.07) is 3.34. The normalized spacial score (nSPS) is 17.3. The lowest BCUT2D eigenvalue weighted by Crippen LogP contribution is -2.47. The molecule has 0 aliphatic carbocycles. The first kappa shape index (κ1) is 27.9. The van der Waals surface area contributed by atoms with Gasteiger partial charge in [0.05, 0.1) is 23.7 Å². The fourth-order valence-electron chi connectivity index (χ4n) is 4.53. The molecule has 39 heavy (non-hydrogen) atoms. The second kappa shape index (κ2) is 10.9. The molecule has 0 bridgehead atoms. The van der Waals surface area contributed by atoms with Crippen LogP contribution >= 0.6 is 0 Å². The molecule has 0 unspecified atom stereocenters. The van der Waals surface area contributed by atoms with Gasteiger partial charge in [-0.1, -0.05) is 0 Å². The number of carbonyl (C=O) groups is 3. The van der Waals surface area contributed by atoms with Crippen LogP contribution in [0, 0.1) is 0 Å². The van der Waals surface area contributed by atoms with Crippen LogP contribution in [0.3, 0.4) is 0 Å². The molecule has 4 N–H and O–H groups in total. The highest BCUT2D eigenvalue weighted by atomic mass is 32.2. The predicted molar refractivity (Wildman–Crippen MR) is 146 cm³/mol. The third-order valence-corrected chi connectivity index (χ3v) is 7.75. The Balaban J connectivity index is 1.55. The summed E-state index contributed by atoms with van der Waals surface area (Å²) >= 11 is 0. The Kier molecular flexibility index (Phi) is 7.81. The molecular formula is C24H32N8O6S. The fraction of sp³-hybridized carbons (Fsp3) is 0.458. The van der Waals surface area contributed by atoms with Crippen molar-refractivity contribution in [3.63, 3.8) is 0 Å². The Morgan fingerprint density at radius 3 is 2.59 bits per heavy atom. The topological polar surface area (TPSA) is 177 Å². The number of fused-ring (bicyclic) bond motifs is 1. The Hall–Kier alpha value is -4.14. The van der Waals surface area contributed by atoms with E-state index in [-0.39, 0.29) is 47.6 Å². The van der Waals surface area contributed by atoms with Gasteiger partial charge in [-0.15, -0.1) is 0 Å². The van der Waals surface area contributed by atoms with E-state index in [1.165, 1.54) is 34.2 Å². The number of aromatic nitrogens is 2. The molecule has 1 fully saturated rings. The van der Waals surface area contributed by atoms with E-state index in [1.807, 2.05) is 18.7 Å². The number of rotatable bonds is 7. The molecular weight excluding hydrogens is 528 g/mol. The number of benzene rings is 1. The molecule has 2 aromatic rings. The largest absolute Gasteiger partial charge is 0.465 e. The standard InChI is InChI=1S/C24H32N8O6S/c1-14(2)32-13-20(33)30(3)19-12-25-22(29-21(19)32)27-15-8-16(10-18(9-15)39(4,37)38)28-23(34)26-11-17-6-5-7-31(17)24(35)36/h8-10,12,14,17H,5-7,11,13H2,1-4H3,(H,35,36)(H,25,27,29)(H2,26,28,34)/t17-/m0/s1. The van der Waals surface area contributed by atoms with Crippen LogP contribution in [0.15, 0.2) is 29.3 Å². The minimum absolute atomic E-state index is 0.00108. The van der Waals surface area contributed by atoms with Crippen molar-refractivity contribution in [2.45, 2.75) is 43.7 Å². The molecule has 15 heteroatoms. The van der Waals surface area contributed by atoms with Gasteiger partial charge in [-0.2, -0.15) is 4.98 Å². The molecule has 14 nitrogen and oxygen atoms in total. The van der Waals surface area contributed by atoms with E-state index in [9.17, 15) is 27.9 Å². The number of nitrogens with one attached hydrogen (secondary N) is 3. The van der Waals surface area contributed by atoms with Crippen molar-refractivity contribution in [1.29, 1.82) is 0 Å². The smallest absolute Gasteiger partial charge is 0.407 e. The first-order valence-corrected chi connectivity index (χ1v) is 14.3. The summed E-state index contributed by atoms with van der Waals surface area (Å²) in [6.07, 6.45) is 2.91. The van der Waals surface area contributed by atoms with Gasteiger partial charge in [0, 0.05) is 43.8 Å². The third-order valence-electron chi connectivity index (χ3n) is 6.66. The number of urea groups is 1. The van der Waals surface area contributed by atoms with E-state index in [1.54, 1.807) is 7.05 Å². The van der Waals surface area contributed by atoms with Crippen molar-refractivity contribution in [3.05, 3.63) is 24.4 Å². The van der Waals surface area contributed by atoms with Gasteiger partial charge in [-0.05, 0) is 44.9 Å². The zero-order valence-electron chi connectivity index (χ0n) is 22.1. The van der Waals surface area contributed by atoms with Gasteiger partial charge in [-0.25, -0.2) is 23.0 Å². The highest BCUT2D eigenvalue weighted by Crippen LogP contribution is 2.33. The summed E-state index contributed by atoms with van der Waals surface area (Å²) in [6.45, 7) is 4.60. The molecule has 4 amide bonds. The van der Waals surface area contributed by atoms with Crippen LogP contribution in [0.5, 0.6) is 0 Å². The van der Waals surface area contributed by atoms with Gasteiger partial charge in [0.15, 0.2) is 15.7 Å². The predicted octanol–water partition coefficient (Wildman–Crippen LogP) is 2.08. The van der Waals surface area contributed by atoms with E-state index in [0.29, 0.717) is 30.2 Å². The zero-order chi connectivity index (χ0) is 28.5. The molecule has 1 atom stereocenters. The number of likely N-dealkylation sites (N-methyl/N-ethyl adjacent to an activating group) is 1. The Morgan fingerprint density at radius 1 is 1.21 bits per heavy atom. The summed E-state index contributed by atoms with van der Waals surface area (Å²) < 4.78 is 24.7. The minimum atomic E-state index is -3.64. The number of sulfone groups is 1. The molecule has 1 aromatic carbocycles. The molecule has 2 aliphatic rings. The van der Waals surface area contributed by atoms with Crippen molar-refractivity contribution in [1.82, 2.24) is 20.2 Å². The van der Waals surface area contributed by atoms with E-state index in [4.69, 9.17) is 0 Å². The molecule has 0 radical (unpaired) electrons. The van der Waals surface area contributed by atoms with Crippen molar-refractivity contribution in [2.24, 2.45) is 0 Å². The monoisotopic (exact) mass is 560 g/mol. The van der Waals surface area contributed by atoms with Gasteiger partial charge < -0.3 is 35.8 Å². The Bertz CT molecular complexity index is 1400. The lowest BCUT2D eigenvalue weighted by Gasteiger charge is -2.36. The van der Waals surface area contributed by atoms with Gasteiger partial charge in [0.1, 0.15) is 5.69 Å². The average Bonchev–Trinajstić information content (AvgIpc) is 3.33. The van der Waals surface area contributed by atoms with Crippen LogP contribution in [0.2, 0.25) is 0 Å². The van der Waals surface area contributed by atoms with E-state index in [2.05, 4.69) is 25.9 Å². The Labute approximate surface area is 226 Å². The van der Waals surface area contributed by atoms with Gasteiger partial charge >= 0.3 is 12.1 Å². The molecule has 3 heterocycles. The third kappa shape index (κ3) is 6.30. The number of carboxylic acid groups (broad SMARTS) is 1. The van der Waals surface area contributed by atoms with E-state index < -0.39 is 22.0 Å². The molecule has 0 saturated carbocycles. The maximum atomic E-state index is 12.6. The van der Waals surface area contributed by atoms with Crippen LogP contribution in [0.25, 0.3) is 0 Å². The molecule has 4 rings (SSSR count). The second-order valence-electron chi connectivity index (χ2n) is 9.83. The number of anilines is 5. The Morgan fingerprint density at radius 2 is 1.92 bits per heavy atom. The van der Waals surface area contributed by atoms with Crippen molar-refractivity contribution in [3.8, 4) is 0 Å². The first-order chi connectivity index (χ1) is 18.3. The zero-order valence-corrected chi connectivity index (χ0v) is 22.9. The summed E-state index contributed by atoms with van der Waals surface area (Å²) in [4.78, 5) is 49.7. The van der Waals surface area contributed by atoms with Gasteiger partial charge in [0.25, 0.3) is 0 Å². The number of hydrogen-bond acceptors (Lipinski definition) is 9. The highest BCUT2D eigenvalue weighted by Gasteiger charge is 2.31. The fourth-order valence-corrected chi connectivity index (χ4v) is 5.22. The van der Waals surface area contributed by atoms with E-state index in [0.717, 1.165) is 12.7 Å². The lowest BCUT2D eigenvalue weighted by atomic mass is 10.2. The van der Waals surface area contributed by atoms with Crippen LogP contribution in [-0.2, 0) is 14.6 Å². The first-order valence-electron chi connectivity index (χ1n) is 12.4. The number of nitrogens with zero attached hydrogens (tertiary/aromatic N) is 5. The summed E-state index contributed by atoms with van der Waals surface area (Å²) in [7, 11) is -1.99. The van der Waals surface area contributed by atoms with Crippen molar-refractivity contribution >= 4 is 56.7 Å². The number of carbonyl (C=O) groups excluding carboxylic acids is 2. The maximum Gasteiger partial charge on any atom is 0.407 e.